The SMILES string of the molecule is CCn1ccnc1C(NN)c1cc(C)cc(Br)c1. The summed E-state index contributed by atoms with van der Waals surface area (Å²) in [6.07, 6.45) is 3.76. The molecule has 0 amide bonds. The van der Waals surface area contributed by atoms with Crippen LogP contribution < -0.4 is 11.3 Å². The molecule has 5 heteroatoms. The quantitative estimate of drug-likeness (QED) is 0.674. The van der Waals surface area contributed by atoms with Crippen LogP contribution in [-0.4, -0.2) is 9.55 Å². The maximum absolute atomic E-state index is 5.70. The molecule has 2 aromatic rings. The molecule has 0 aliphatic carbocycles. The van der Waals surface area contributed by atoms with Gasteiger partial charge in [0.2, 0.25) is 0 Å². The molecule has 0 saturated carbocycles. The van der Waals surface area contributed by atoms with Gasteiger partial charge in [-0.15, -0.1) is 0 Å². The number of benzene rings is 1. The molecule has 0 saturated heterocycles. The number of aryl methyl sites for hydroxylation is 2. The molecule has 18 heavy (non-hydrogen) atoms. The summed E-state index contributed by atoms with van der Waals surface area (Å²) in [5.74, 6) is 6.63. The summed E-state index contributed by atoms with van der Waals surface area (Å²) < 4.78 is 3.13. The van der Waals surface area contributed by atoms with Crippen molar-refractivity contribution in [2.45, 2.75) is 26.4 Å². The lowest BCUT2D eigenvalue weighted by atomic mass is 10.0. The zero-order valence-corrected chi connectivity index (χ0v) is 12.1. The Morgan fingerprint density at radius 2 is 2.22 bits per heavy atom. The Hall–Kier alpha value is -1.17. The van der Waals surface area contributed by atoms with Crippen molar-refractivity contribution >= 4 is 15.9 Å². The van der Waals surface area contributed by atoms with Gasteiger partial charge in [-0.25, -0.2) is 10.4 Å². The largest absolute Gasteiger partial charge is 0.334 e. The molecule has 1 heterocycles. The minimum atomic E-state index is -0.101. The van der Waals surface area contributed by atoms with Crippen molar-refractivity contribution in [2.24, 2.45) is 5.84 Å². The molecule has 0 radical (unpaired) electrons. The van der Waals surface area contributed by atoms with Gasteiger partial charge in [-0.3, -0.25) is 5.84 Å². The van der Waals surface area contributed by atoms with Crippen LogP contribution >= 0.6 is 15.9 Å². The van der Waals surface area contributed by atoms with E-state index in [2.05, 4.69) is 63.0 Å². The van der Waals surface area contributed by atoms with E-state index in [0.717, 1.165) is 22.4 Å². The predicted octanol–water partition coefficient (Wildman–Crippen LogP) is 2.53. The van der Waals surface area contributed by atoms with Crippen LogP contribution in [-0.2, 0) is 6.54 Å². The van der Waals surface area contributed by atoms with E-state index in [1.165, 1.54) is 5.56 Å². The second kappa shape index (κ2) is 5.65. The lowest BCUT2D eigenvalue weighted by Gasteiger charge is -2.18. The Kier molecular flexibility index (Phi) is 4.16. The van der Waals surface area contributed by atoms with Crippen LogP contribution in [0.3, 0.4) is 0 Å². The number of hydrogen-bond acceptors (Lipinski definition) is 3. The molecule has 3 N–H and O–H groups in total. The zero-order chi connectivity index (χ0) is 13.1. The maximum atomic E-state index is 5.70. The van der Waals surface area contributed by atoms with Crippen LogP contribution in [0.5, 0.6) is 0 Å². The van der Waals surface area contributed by atoms with Crippen molar-refractivity contribution < 1.29 is 0 Å². The van der Waals surface area contributed by atoms with Crippen LogP contribution in [0.2, 0.25) is 0 Å². The van der Waals surface area contributed by atoms with E-state index < -0.39 is 0 Å². The van der Waals surface area contributed by atoms with E-state index in [4.69, 9.17) is 5.84 Å². The van der Waals surface area contributed by atoms with Gasteiger partial charge in [0, 0.05) is 23.4 Å². The maximum Gasteiger partial charge on any atom is 0.131 e. The zero-order valence-electron chi connectivity index (χ0n) is 10.5. The first-order valence-corrected chi connectivity index (χ1v) is 6.69. The minimum absolute atomic E-state index is 0.101. The van der Waals surface area contributed by atoms with E-state index in [0.29, 0.717) is 0 Å². The van der Waals surface area contributed by atoms with Crippen molar-refractivity contribution in [1.82, 2.24) is 15.0 Å². The number of nitrogens with zero attached hydrogens (tertiary/aromatic N) is 2. The van der Waals surface area contributed by atoms with Crippen molar-refractivity contribution in [3.8, 4) is 0 Å². The van der Waals surface area contributed by atoms with Gasteiger partial charge in [0.25, 0.3) is 0 Å². The van der Waals surface area contributed by atoms with Gasteiger partial charge in [0.15, 0.2) is 0 Å². The highest BCUT2D eigenvalue weighted by Crippen LogP contribution is 2.24. The lowest BCUT2D eigenvalue weighted by molar-refractivity contribution is 0.560. The Balaban J connectivity index is 2.45. The van der Waals surface area contributed by atoms with Gasteiger partial charge in [-0.2, -0.15) is 0 Å². The summed E-state index contributed by atoms with van der Waals surface area (Å²) in [7, 11) is 0. The fourth-order valence-corrected chi connectivity index (χ4v) is 2.72. The van der Waals surface area contributed by atoms with E-state index >= 15 is 0 Å². The Morgan fingerprint density at radius 3 is 2.83 bits per heavy atom. The fourth-order valence-electron chi connectivity index (χ4n) is 2.10. The summed E-state index contributed by atoms with van der Waals surface area (Å²) in [5, 5.41) is 0. The topological polar surface area (TPSA) is 55.9 Å². The summed E-state index contributed by atoms with van der Waals surface area (Å²) in [6.45, 7) is 5.03. The van der Waals surface area contributed by atoms with Crippen molar-refractivity contribution in [3.05, 3.63) is 52.0 Å². The van der Waals surface area contributed by atoms with E-state index in [9.17, 15) is 0 Å². The third kappa shape index (κ3) is 2.63. The van der Waals surface area contributed by atoms with Gasteiger partial charge >= 0.3 is 0 Å². The number of nitrogens with one attached hydrogen (secondary N) is 1. The number of hydrazine groups is 1. The van der Waals surface area contributed by atoms with Crippen molar-refractivity contribution in [1.29, 1.82) is 0 Å². The molecule has 0 fully saturated rings. The molecule has 1 aromatic carbocycles. The molecular formula is C13H17BrN4. The van der Waals surface area contributed by atoms with Gasteiger partial charge in [0.05, 0.1) is 0 Å². The fraction of sp³-hybridized carbons (Fsp3) is 0.308. The second-order valence-corrected chi connectivity index (χ2v) is 5.15. The molecule has 0 aliphatic heterocycles. The molecule has 2 rings (SSSR count). The standard InChI is InChI=1S/C13H17BrN4/c1-3-18-5-4-16-13(18)12(17-15)10-6-9(2)7-11(14)8-10/h4-8,12,17H,3,15H2,1-2H3. The summed E-state index contributed by atoms with van der Waals surface area (Å²) in [4.78, 5) is 4.40. The van der Waals surface area contributed by atoms with Crippen LogP contribution in [0, 0.1) is 6.92 Å². The highest BCUT2D eigenvalue weighted by Gasteiger charge is 2.17. The van der Waals surface area contributed by atoms with Crippen LogP contribution in [0.25, 0.3) is 0 Å². The number of imidazole rings is 1. The highest BCUT2D eigenvalue weighted by atomic mass is 79.9. The van der Waals surface area contributed by atoms with Gasteiger partial charge in [-0.05, 0) is 37.1 Å². The minimum Gasteiger partial charge on any atom is -0.334 e. The van der Waals surface area contributed by atoms with Gasteiger partial charge < -0.3 is 4.57 Å². The molecule has 4 nitrogen and oxygen atoms in total. The molecular weight excluding hydrogens is 292 g/mol. The number of hydrogen-bond donors (Lipinski definition) is 2. The van der Waals surface area contributed by atoms with E-state index in [1.807, 2.05) is 6.20 Å². The molecule has 0 bridgehead atoms. The van der Waals surface area contributed by atoms with E-state index in [1.54, 1.807) is 6.20 Å². The van der Waals surface area contributed by atoms with Gasteiger partial charge in [-0.1, -0.05) is 22.0 Å². The normalized spacial score (nSPS) is 12.7. The van der Waals surface area contributed by atoms with Crippen LogP contribution in [0.1, 0.15) is 29.9 Å². The average Bonchev–Trinajstić information content (AvgIpc) is 2.77. The van der Waals surface area contributed by atoms with Crippen LogP contribution in [0.4, 0.5) is 0 Å². The van der Waals surface area contributed by atoms with E-state index in [-0.39, 0.29) is 6.04 Å². The number of rotatable bonds is 4. The second-order valence-electron chi connectivity index (χ2n) is 4.23. The first-order valence-electron chi connectivity index (χ1n) is 5.90. The summed E-state index contributed by atoms with van der Waals surface area (Å²) in [5.41, 5.74) is 5.14. The molecule has 0 spiro atoms. The van der Waals surface area contributed by atoms with Crippen LogP contribution in [0.15, 0.2) is 35.1 Å². The Morgan fingerprint density at radius 1 is 1.44 bits per heavy atom. The first-order chi connectivity index (χ1) is 8.65. The number of nitrogens with two attached hydrogens (primary N) is 1. The lowest BCUT2D eigenvalue weighted by Crippen LogP contribution is -2.31. The number of aromatic nitrogens is 2. The molecule has 1 aromatic heterocycles. The van der Waals surface area contributed by atoms with Gasteiger partial charge in [0.1, 0.15) is 11.9 Å². The monoisotopic (exact) mass is 308 g/mol. The summed E-state index contributed by atoms with van der Waals surface area (Å²) in [6, 6.07) is 6.15. The van der Waals surface area contributed by atoms with Crippen molar-refractivity contribution in [3.63, 3.8) is 0 Å². The molecule has 1 atom stereocenters. The summed E-state index contributed by atoms with van der Waals surface area (Å²) >= 11 is 3.51. The number of halogens is 1. The predicted molar refractivity (Wildman–Crippen MR) is 75.9 cm³/mol. The third-order valence-corrected chi connectivity index (χ3v) is 3.37. The third-order valence-electron chi connectivity index (χ3n) is 2.91. The molecule has 1 unspecified atom stereocenters. The first kappa shape index (κ1) is 13.3. The molecule has 0 aliphatic rings. The smallest absolute Gasteiger partial charge is 0.131 e. The Bertz CT molecular complexity index is 515. The highest BCUT2D eigenvalue weighted by molar-refractivity contribution is 9.10. The molecule has 96 valence electrons. The Labute approximate surface area is 115 Å². The average molecular weight is 309 g/mol. The van der Waals surface area contributed by atoms with Crippen molar-refractivity contribution in [2.75, 3.05) is 0 Å².